The molecule has 2 nitrogen and oxygen atoms in total. The van der Waals surface area contributed by atoms with E-state index in [-0.39, 0.29) is 18.1 Å². The maximum atomic E-state index is 13.3. The van der Waals surface area contributed by atoms with Crippen LogP contribution in [0.5, 0.6) is 0 Å². The summed E-state index contributed by atoms with van der Waals surface area (Å²) in [5, 5.41) is 0. The van der Waals surface area contributed by atoms with E-state index in [1.54, 1.807) is 0 Å². The highest BCUT2D eigenvalue weighted by Gasteiger charge is 2.34. The Balaban J connectivity index is 2.12. The molecule has 1 saturated heterocycles. The Morgan fingerprint density at radius 1 is 1.37 bits per heavy atom. The molecule has 104 valence electrons. The summed E-state index contributed by atoms with van der Waals surface area (Å²) in [6, 6.07) is 2.24. The number of carbonyl (C=O) groups is 1. The van der Waals surface area contributed by atoms with Crippen LogP contribution >= 0.6 is 0 Å². The Morgan fingerprint density at radius 3 is 2.63 bits per heavy atom. The van der Waals surface area contributed by atoms with Crippen LogP contribution in [-0.2, 0) is 10.9 Å². The first-order chi connectivity index (χ1) is 8.88. The SMILES string of the molecule is O=C(CC1CCCO1)c1ccc(C(F)(F)F)c(F)c1. The fourth-order valence-corrected chi connectivity index (χ4v) is 2.05. The number of ketones is 1. The van der Waals surface area contributed by atoms with Gasteiger partial charge < -0.3 is 4.74 Å². The maximum absolute atomic E-state index is 13.3. The molecule has 0 aliphatic carbocycles. The van der Waals surface area contributed by atoms with E-state index in [4.69, 9.17) is 4.74 Å². The topological polar surface area (TPSA) is 26.3 Å². The molecule has 19 heavy (non-hydrogen) atoms. The first kappa shape index (κ1) is 14.0. The first-order valence-electron chi connectivity index (χ1n) is 5.89. The maximum Gasteiger partial charge on any atom is 0.419 e. The number of halogens is 4. The van der Waals surface area contributed by atoms with Crippen LogP contribution in [0.1, 0.15) is 35.2 Å². The molecule has 0 amide bonds. The summed E-state index contributed by atoms with van der Waals surface area (Å²) in [5.74, 6) is -1.83. The fraction of sp³-hybridized carbons (Fsp3) is 0.462. The van der Waals surface area contributed by atoms with Gasteiger partial charge in [0.2, 0.25) is 0 Å². The quantitative estimate of drug-likeness (QED) is 0.623. The summed E-state index contributed by atoms with van der Waals surface area (Å²) in [7, 11) is 0. The lowest BCUT2D eigenvalue weighted by molar-refractivity contribution is -0.140. The second-order valence-electron chi connectivity index (χ2n) is 4.45. The van der Waals surface area contributed by atoms with Gasteiger partial charge in [0, 0.05) is 18.6 Å². The Morgan fingerprint density at radius 2 is 2.11 bits per heavy atom. The summed E-state index contributed by atoms with van der Waals surface area (Å²) in [6.07, 6.45) is -3.28. The Kier molecular flexibility index (Phi) is 3.89. The molecule has 0 bridgehead atoms. The van der Waals surface area contributed by atoms with E-state index >= 15 is 0 Å². The zero-order valence-electron chi connectivity index (χ0n) is 9.97. The second-order valence-corrected chi connectivity index (χ2v) is 4.45. The number of benzene rings is 1. The zero-order valence-corrected chi connectivity index (χ0v) is 9.97. The molecule has 1 heterocycles. The van der Waals surface area contributed by atoms with Crippen molar-refractivity contribution >= 4 is 5.78 Å². The highest BCUT2D eigenvalue weighted by molar-refractivity contribution is 5.96. The number of hydrogen-bond donors (Lipinski definition) is 0. The van der Waals surface area contributed by atoms with E-state index in [1.165, 1.54) is 0 Å². The van der Waals surface area contributed by atoms with Gasteiger partial charge in [-0.25, -0.2) is 4.39 Å². The lowest BCUT2D eigenvalue weighted by Crippen LogP contribution is -2.14. The molecule has 1 atom stereocenters. The first-order valence-corrected chi connectivity index (χ1v) is 5.89. The Hall–Kier alpha value is -1.43. The molecule has 0 spiro atoms. The molecular weight excluding hydrogens is 264 g/mol. The minimum atomic E-state index is -4.75. The van der Waals surface area contributed by atoms with Crippen LogP contribution in [0.2, 0.25) is 0 Å². The summed E-state index contributed by atoms with van der Waals surface area (Å²) in [6.45, 7) is 0.583. The fourth-order valence-electron chi connectivity index (χ4n) is 2.05. The van der Waals surface area contributed by atoms with Gasteiger partial charge in [-0.05, 0) is 25.0 Å². The van der Waals surface area contributed by atoms with Gasteiger partial charge in [-0.2, -0.15) is 13.2 Å². The van der Waals surface area contributed by atoms with Crippen molar-refractivity contribution in [2.24, 2.45) is 0 Å². The molecule has 1 aromatic rings. The highest BCUT2D eigenvalue weighted by atomic mass is 19.4. The number of ether oxygens (including phenoxy) is 1. The molecule has 1 aromatic carbocycles. The van der Waals surface area contributed by atoms with Gasteiger partial charge in [-0.1, -0.05) is 6.07 Å². The van der Waals surface area contributed by atoms with Crippen molar-refractivity contribution < 1.29 is 27.1 Å². The predicted octanol–water partition coefficient (Wildman–Crippen LogP) is 3.60. The number of alkyl halides is 3. The van der Waals surface area contributed by atoms with Gasteiger partial charge >= 0.3 is 6.18 Å². The van der Waals surface area contributed by atoms with Crippen LogP contribution in [-0.4, -0.2) is 18.5 Å². The Bertz CT molecular complexity index is 476. The second kappa shape index (κ2) is 5.28. The molecule has 0 aromatic heterocycles. The zero-order chi connectivity index (χ0) is 14.0. The molecule has 6 heteroatoms. The standard InChI is InChI=1S/C13H12F4O2/c14-11-6-8(3-4-10(11)13(15,16)17)12(18)7-9-2-1-5-19-9/h3-4,6,9H,1-2,5,7H2. The van der Waals surface area contributed by atoms with E-state index in [9.17, 15) is 22.4 Å². The largest absolute Gasteiger partial charge is 0.419 e. The minimum Gasteiger partial charge on any atom is -0.378 e. The summed E-state index contributed by atoms with van der Waals surface area (Å²) >= 11 is 0. The van der Waals surface area contributed by atoms with E-state index < -0.39 is 23.3 Å². The molecule has 1 unspecified atom stereocenters. The molecule has 2 rings (SSSR count). The average molecular weight is 276 g/mol. The van der Waals surface area contributed by atoms with Crippen LogP contribution in [0.4, 0.5) is 17.6 Å². The third-order valence-electron chi connectivity index (χ3n) is 3.03. The van der Waals surface area contributed by atoms with E-state index in [1.807, 2.05) is 0 Å². The summed E-state index contributed by atoms with van der Waals surface area (Å²) in [5.41, 5.74) is -1.41. The molecule has 0 saturated carbocycles. The van der Waals surface area contributed by atoms with E-state index in [0.29, 0.717) is 18.7 Å². The van der Waals surface area contributed by atoms with Gasteiger partial charge in [-0.15, -0.1) is 0 Å². The van der Waals surface area contributed by atoms with Crippen LogP contribution in [0.15, 0.2) is 18.2 Å². The summed E-state index contributed by atoms with van der Waals surface area (Å²) < 4.78 is 55.7. The van der Waals surface area contributed by atoms with Crippen LogP contribution in [0.3, 0.4) is 0 Å². The van der Waals surface area contributed by atoms with Gasteiger partial charge in [0.05, 0.1) is 11.7 Å². The van der Waals surface area contributed by atoms with E-state index in [0.717, 1.165) is 18.9 Å². The van der Waals surface area contributed by atoms with E-state index in [2.05, 4.69) is 0 Å². The molecule has 0 radical (unpaired) electrons. The number of rotatable bonds is 3. The molecule has 1 fully saturated rings. The lowest BCUT2D eigenvalue weighted by Gasteiger charge is -2.11. The number of carbonyl (C=O) groups excluding carboxylic acids is 1. The molecule has 0 N–H and O–H groups in total. The average Bonchev–Trinajstić information content (AvgIpc) is 2.79. The monoisotopic (exact) mass is 276 g/mol. The van der Waals surface area contributed by atoms with Crippen molar-refractivity contribution in [3.05, 3.63) is 35.1 Å². The number of hydrogen-bond acceptors (Lipinski definition) is 2. The normalized spacial score (nSPS) is 19.7. The van der Waals surface area contributed by atoms with Gasteiger partial charge in [-0.3, -0.25) is 4.79 Å². The predicted molar refractivity (Wildman–Crippen MR) is 59.3 cm³/mol. The highest BCUT2D eigenvalue weighted by Crippen LogP contribution is 2.31. The van der Waals surface area contributed by atoms with Crippen molar-refractivity contribution in [2.45, 2.75) is 31.5 Å². The third kappa shape index (κ3) is 3.32. The van der Waals surface area contributed by atoms with Crippen molar-refractivity contribution in [3.8, 4) is 0 Å². The van der Waals surface area contributed by atoms with Gasteiger partial charge in [0.25, 0.3) is 0 Å². The van der Waals surface area contributed by atoms with Crippen LogP contribution < -0.4 is 0 Å². The van der Waals surface area contributed by atoms with Crippen LogP contribution in [0.25, 0.3) is 0 Å². The third-order valence-corrected chi connectivity index (χ3v) is 3.03. The Labute approximate surface area is 107 Å². The molecular formula is C13H12F4O2. The van der Waals surface area contributed by atoms with Crippen molar-refractivity contribution in [2.75, 3.05) is 6.61 Å². The van der Waals surface area contributed by atoms with Gasteiger partial charge in [0.15, 0.2) is 5.78 Å². The van der Waals surface area contributed by atoms with Crippen molar-refractivity contribution in [1.29, 1.82) is 0 Å². The molecule has 1 aliphatic rings. The van der Waals surface area contributed by atoms with Crippen molar-refractivity contribution in [1.82, 2.24) is 0 Å². The molecule has 1 aliphatic heterocycles. The van der Waals surface area contributed by atoms with Gasteiger partial charge in [0.1, 0.15) is 5.82 Å². The summed E-state index contributed by atoms with van der Waals surface area (Å²) in [4.78, 5) is 11.8. The lowest BCUT2D eigenvalue weighted by atomic mass is 10.0. The minimum absolute atomic E-state index is 0.0546. The smallest absolute Gasteiger partial charge is 0.378 e. The number of Topliss-reactive ketones (excluding diaryl/α,β-unsaturated/α-hetero) is 1. The van der Waals surface area contributed by atoms with Crippen molar-refractivity contribution in [3.63, 3.8) is 0 Å². The van der Waals surface area contributed by atoms with Crippen LogP contribution in [0, 0.1) is 5.82 Å².